The number of aryl methyl sites for hydroxylation is 1. The van der Waals surface area contributed by atoms with Crippen LogP contribution in [0, 0.1) is 12.7 Å². The van der Waals surface area contributed by atoms with Crippen LogP contribution in [0.2, 0.25) is 0 Å². The van der Waals surface area contributed by atoms with Crippen molar-refractivity contribution in [2.45, 2.75) is 31.2 Å². The van der Waals surface area contributed by atoms with Gasteiger partial charge in [-0.25, -0.2) is 22.1 Å². The zero-order valence-electron chi connectivity index (χ0n) is 19.5. The molecule has 0 unspecified atom stereocenters. The van der Waals surface area contributed by atoms with Gasteiger partial charge in [-0.05, 0) is 55.7 Å². The van der Waals surface area contributed by atoms with E-state index in [2.05, 4.69) is 15.2 Å². The zero-order chi connectivity index (χ0) is 24.5. The largest absolute Gasteiger partial charge is 0.371 e. The Hall–Kier alpha value is -3.24. The van der Waals surface area contributed by atoms with Crippen molar-refractivity contribution in [1.82, 2.24) is 19.2 Å². The summed E-state index contributed by atoms with van der Waals surface area (Å²) in [6.45, 7) is 3.50. The molecule has 8 nitrogen and oxygen atoms in total. The molecule has 1 saturated heterocycles. The highest BCUT2D eigenvalue weighted by molar-refractivity contribution is 7.89. The fraction of sp³-hybridized carbons (Fsp3) is 0.333. The molecule has 1 aliphatic heterocycles. The minimum Gasteiger partial charge on any atom is -0.371 e. The van der Waals surface area contributed by atoms with Crippen molar-refractivity contribution in [2.75, 3.05) is 32.1 Å². The summed E-state index contributed by atoms with van der Waals surface area (Å²) in [5.74, 6) is -0.167. The molecule has 0 aliphatic carbocycles. The number of hydrogen-bond acceptors (Lipinski definition) is 5. The summed E-state index contributed by atoms with van der Waals surface area (Å²) >= 11 is 0. The van der Waals surface area contributed by atoms with Crippen LogP contribution in [0.5, 0.6) is 0 Å². The maximum atomic E-state index is 14.7. The third kappa shape index (κ3) is 4.69. The molecule has 2 aromatic carbocycles. The number of aromatic nitrogens is 2. The number of carbonyl (C=O) groups excluding carboxylic acids is 1. The molecule has 1 aliphatic rings. The first kappa shape index (κ1) is 23.9. The van der Waals surface area contributed by atoms with Crippen LogP contribution >= 0.6 is 0 Å². The van der Waals surface area contributed by atoms with Crippen LogP contribution in [0.4, 0.5) is 10.1 Å². The van der Waals surface area contributed by atoms with Crippen LogP contribution in [0.25, 0.3) is 5.69 Å². The van der Waals surface area contributed by atoms with Gasteiger partial charge >= 0.3 is 0 Å². The summed E-state index contributed by atoms with van der Waals surface area (Å²) in [5.41, 5.74) is 1.95. The highest BCUT2D eigenvalue weighted by atomic mass is 32.2. The molecule has 34 heavy (non-hydrogen) atoms. The molecular formula is C24H28FN5O3S. The number of imidazole rings is 1. The van der Waals surface area contributed by atoms with Crippen molar-refractivity contribution < 1.29 is 17.6 Å². The van der Waals surface area contributed by atoms with Crippen LogP contribution in [-0.2, 0) is 16.6 Å². The van der Waals surface area contributed by atoms with E-state index >= 15 is 0 Å². The van der Waals surface area contributed by atoms with Crippen LogP contribution in [0.1, 0.15) is 34.6 Å². The standard InChI is InChI=1S/C24H28FN5O3S/c1-17-26-10-13-30(17)23-8-6-18(14-21(23)25)16-27-24(31)20-15-19(34(32,33)28(2)3)7-9-22(20)29-11-4-5-12-29/h6-10,13-15H,4-5,11-12,16H2,1-3H3,(H,27,31). The predicted molar refractivity (Wildman–Crippen MR) is 128 cm³/mol. The number of benzene rings is 2. The number of halogens is 1. The first-order chi connectivity index (χ1) is 16.2. The molecule has 1 fully saturated rings. The summed E-state index contributed by atoms with van der Waals surface area (Å²) in [5, 5.41) is 2.82. The molecule has 4 rings (SSSR count). The Labute approximate surface area is 199 Å². The van der Waals surface area contributed by atoms with Gasteiger partial charge in [-0.2, -0.15) is 0 Å². The van der Waals surface area contributed by atoms with Crippen molar-refractivity contribution in [3.05, 3.63) is 71.6 Å². The van der Waals surface area contributed by atoms with E-state index in [1.807, 2.05) is 0 Å². The summed E-state index contributed by atoms with van der Waals surface area (Å²) < 4.78 is 42.8. The van der Waals surface area contributed by atoms with Gasteiger partial charge in [0.1, 0.15) is 11.6 Å². The third-order valence-electron chi connectivity index (χ3n) is 5.99. The first-order valence-corrected chi connectivity index (χ1v) is 12.5. The number of sulfonamides is 1. The van der Waals surface area contributed by atoms with E-state index in [0.29, 0.717) is 22.8 Å². The van der Waals surface area contributed by atoms with E-state index in [0.717, 1.165) is 30.2 Å². The van der Waals surface area contributed by atoms with Crippen molar-refractivity contribution in [2.24, 2.45) is 0 Å². The second kappa shape index (κ2) is 9.55. The van der Waals surface area contributed by atoms with Crippen LogP contribution in [-0.4, -0.2) is 55.4 Å². The lowest BCUT2D eigenvalue weighted by molar-refractivity contribution is 0.0951. The predicted octanol–water partition coefficient (Wildman–Crippen LogP) is 3.10. The fourth-order valence-electron chi connectivity index (χ4n) is 4.07. The summed E-state index contributed by atoms with van der Waals surface area (Å²) in [4.78, 5) is 19.4. The molecule has 1 amide bonds. The number of carbonyl (C=O) groups is 1. The highest BCUT2D eigenvalue weighted by Crippen LogP contribution is 2.28. The second-order valence-electron chi connectivity index (χ2n) is 8.47. The minimum atomic E-state index is -3.70. The van der Waals surface area contributed by atoms with Gasteiger partial charge in [-0.15, -0.1) is 0 Å². The fourth-order valence-corrected chi connectivity index (χ4v) is 5.00. The Balaban J connectivity index is 1.58. The van der Waals surface area contributed by atoms with E-state index in [9.17, 15) is 17.6 Å². The van der Waals surface area contributed by atoms with Gasteiger partial charge in [0.15, 0.2) is 0 Å². The number of nitrogens with zero attached hydrogens (tertiary/aromatic N) is 4. The smallest absolute Gasteiger partial charge is 0.253 e. The number of anilines is 1. The Morgan fingerprint density at radius 3 is 2.44 bits per heavy atom. The Morgan fingerprint density at radius 1 is 1.12 bits per heavy atom. The number of nitrogens with one attached hydrogen (secondary N) is 1. The van der Waals surface area contributed by atoms with Gasteiger partial charge in [0.25, 0.3) is 5.91 Å². The molecule has 0 saturated carbocycles. The lowest BCUT2D eigenvalue weighted by Crippen LogP contribution is -2.28. The van der Waals surface area contributed by atoms with E-state index < -0.39 is 21.7 Å². The minimum absolute atomic E-state index is 0.0525. The zero-order valence-corrected chi connectivity index (χ0v) is 20.3. The van der Waals surface area contributed by atoms with Crippen molar-refractivity contribution in [1.29, 1.82) is 0 Å². The summed E-state index contributed by atoms with van der Waals surface area (Å²) in [7, 11) is -0.795. The molecule has 0 radical (unpaired) electrons. The Morgan fingerprint density at radius 2 is 1.82 bits per heavy atom. The summed E-state index contributed by atoms with van der Waals surface area (Å²) in [6.07, 6.45) is 5.32. The summed E-state index contributed by atoms with van der Waals surface area (Å²) in [6, 6.07) is 9.41. The van der Waals surface area contributed by atoms with Crippen LogP contribution < -0.4 is 10.2 Å². The van der Waals surface area contributed by atoms with Crippen molar-refractivity contribution in [3.63, 3.8) is 0 Å². The van der Waals surface area contributed by atoms with Crippen molar-refractivity contribution in [3.8, 4) is 5.69 Å². The maximum absolute atomic E-state index is 14.7. The van der Waals surface area contributed by atoms with Gasteiger partial charge < -0.3 is 14.8 Å². The SMILES string of the molecule is Cc1nccn1-c1ccc(CNC(=O)c2cc(S(=O)(=O)N(C)C)ccc2N2CCCC2)cc1F. The molecule has 0 spiro atoms. The molecule has 180 valence electrons. The molecule has 0 atom stereocenters. The van der Waals surface area contributed by atoms with Gasteiger partial charge in [0.2, 0.25) is 10.0 Å². The van der Waals surface area contributed by atoms with Gasteiger partial charge in [-0.3, -0.25) is 4.79 Å². The molecule has 10 heteroatoms. The van der Waals surface area contributed by atoms with Gasteiger partial charge in [-0.1, -0.05) is 6.07 Å². The third-order valence-corrected chi connectivity index (χ3v) is 7.80. The molecule has 0 bridgehead atoms. The molecule has 2 heterocycles. The molecule has 3 aromatic rings. The normalized spacial score (nSPS) is 14.1. The quantitative estimate of drug-likeness (QED) is 0.556. The molecular weight excluding hydrogens is 457 g/mol. The van der Waals surface area contributed by atoms with Crippen LogP contribution in [0.15, 0.2) is 53.7 Å². The second-order valence-corrected chi connectivity index (χ2v) is 10.6. The monoisotopic (exact) mass is 485 g/mol. The van der Waals surface area contributed by atoms with E-state index in [-0.39, 0.29) is 17.0 Å². The Bertz CT molecular complexity index is 1310. The van der Waals surface area contributed by atoms with E-state index in [1.165, 1.54) is 32.3 Å². The molecule has 1 N–H and O–H groups in total. The van der Waals surface area contributed by atoms with E-state index in [1.54, 1.807) is 42.1 Å². The van der Waals surface area contributed by atoms with Gasteiger partial charge in [0.05, 0.1) is 16.1 Å². The molecule has 1 aromatic heterocycles. The number of rotatable bonds is 7. The number of hydrogen-bond donors (Lipinski definition) is 1. The topological polar surface area (TPSA) is 87.5 Å². The van der Waals surface area contributed by atoms with Crippen molar-refractivity contribution >= 4 is 21.6 Å². The van der Waals surface area contributed by atoms with E-state index in [4.69, 9.17) is 0 Å². The lowest BCUT2D eigenvalue weighted by Gasteiger charge is -2.22. The maximum Gasteiger partial charge on any atom is 0.253 e. The van der Waals surface area contributed by atoms with Gasteiger partial charge in [0, 0.05) is 51.8 Å². The number of amides is 1. The Kier molecular flexibility index (Phi) is 6.72. The first-order valence-electron chi connectivity index (χ1n) is 11.1. The average Bonchev–Trinajstić information content (AvgIpc) is 3.49. The lowest BCUT2D eigenvalue weighted by atomic mass is 10.1. The highest BCUT2D eigenvalue weighted by Gasteiger charge is 2.24. The average molecular weight is 486 g/mol. The van der Waals surface area contributed by atoms with Crippen LogP contribution in [0.3, 0.4) is 0 Å².